The lowest BCUT2D eigenvalue weighted by atomic mass is 9.82. The molecule has 0 aromatic heterocycles. The summed E-state index contributed by atoms with van der Waals surface area (Å²) in [6.07, 6.45) is 1.16. The lowest BCUT2D eigenvalue weighted by Gasteiger charge is -2.34. The maximum Gasteiger partial charge on any atom is 0.129 e. The van der Waals surface area contributed by atoms with Crippen molar-refractivity contribution in [3.05, 3.63) is 35.4 Å². The highest BCUT2D eigenvalue weighted by Gasteiger charge is 2.25. The molecule has 2 rings (SSSR count). The Hall–Kier alpha value is -1.00. The number of hydrogen-bond donors (Lipinski definition) is 2. The summed E-state index contributed by atoms with van der Waals surface area (Å²) in [6.45, 7) is 2.43. The smallest absolute Gasteiger partial charge is 0.129 e. The van der Waals surface area contributed by atoms with Gasteiger partial charge in [-0.15, -0.1) is 0 Å². The first-order chi connectivity index (χ1) is 8.06. The van der Waals surface area contributed by atoms with Gasteiger partial charge in [-0.3, -0.25) is 0 Å². The average Bonchev–Trinajstić information content (AvgIpc) is 2.26. The predicted octanol–water partition coefficient (Wildman–Crippen LogP) is 2.39. The van der Waals surface area contributed by atoms with Crippen LogP contribution in [0.5, 0.6) is 0 Å². The van der Waals surface area contributed by atoms with Crippen molar-refractivity contribution in [1.82, 2.24) is 5.32 Å². The van der Waals surface area contributed by atoms with Crippen LogP contribution in [0.25, 0.3) is 0 Å². The number of aliphatic hydroxyl groups is 1. The number of rotatable bonds is 4. The fraction of sp³-hybridized carbons (Fsp3) is 0.538. The molecule has 0 amide bonds. The average molecular weight is 241 g/mol. The zero-order valence-corrected chi connectivity index (χ0v) is 9.79. The molecule has 2 N–H and O–H groups in total. The van der Waals surface area contributed by atoms with Crippen LogP contribution in [0, 0.1) is 17.6 Å². The Morgan fingerprint density at radius 3 is 2.76 bits per heavy atom. The van der Waals surface area contributed by atoms with E-state index in [-0.39, 0.29) is 12.1 Å². The van der Waals surface area contributed by atoms with Crippen molar-refractivity contribution in [3.63, 3.8) is 0 Å². The van der Waals surface area contributed by atoms with Crippen molar-refractivity contribution >= 4 is 0 Å². The summed E-state index contributed by atoms with van der Waals surface area (Å²) in [5.74, 6) is -0.379. The second-order valence-corrected chi connectivity index (χ2v) is 4.86. The fourth-order valence-electron chi connectivity index (χ4n) is 2.23. The minimum Gasteiger partial charge on any atom is -0.387 e. The molecule has 1 atom stereocenters. The number of halogens is 2. The van der Waals surface area contributed by atoms with Crippen LogP contribution >= 0.6 is 0 Å². The zero-order valence-electron chi connectivity index (χ0n) is 9.79. The third kappa shape index (κ3) is 3.01. The summed E-state index contributed by atoms with van der Waals surface area (Å²) in [5.41, 5.74) is 0.0184. The summed E-state index contributed by atoms with van der Waals surface area (Å²) in [7, 11) is 0. The van der Waals surface area contributed by atoms with Crippen LogP contribution in [0.2, 0.25) is 0 Å². The SMILES string of the molecule is CC1CC(NCC(O)c2cc(F)ccc2F)C1. The van der Waals surface area contributed by atoms with E-state index in [1.807, 2.05) is 0 Å². The van der Waals surface area contributed by atoms with E-state index in [4.69, 9.17) is 0 Å². The second-order valence-electron chi connectivity index (χ2n) is 4.86. The summed E-state index contributed by atoms with van der Waals surface area (Å²) in [5, 5.41) is 12.9. The molecule has 1 aliphatic rings. The molecule has 0 spiro atoms. The van der Waals surface area contributed by atoms with Crippen molar-refractivity contribution < 1.29 is 13.9 Å². The first-order valence-corrected chi connectivity index (χ1v) is 5.92. The standard InChI is InChI=1S/C13H17F2NO/c1-8-4-10(5-8)16-7-13(17)11-6-9(14)2-3-12(11)15/h2-3,6,8,10,13,16-17H,4-5,7H2,1H3. The first-order valence-electron chi connectivity index (χ1n) is 5.92. The van der Waals surface area contributed by atoms with Crippen molar-refractivity contribution in [3.8, 4) is 0 Å². The van der Waals surface area contributed by atoms with Gasteiger partial charge in [-0.25, -0.2) is 8.78 Å². The lowest BCUT2D eigenvalue weighted by Crippen LogP contribution is -2.41. The van der Waals surface area contributed by atoms with Crippen LogP contribution in [0.15, 0.2) is 18.2 Å². The third-order valence-electron chi connectivity index (χ3n) is 3.29. The van der Waals surface area contributed by atoms with Crippen LogP contribution in [-0.2, 0) is 0 Å². The molecule has 1 aliphatic carbocycles. The number of benzene rings is 1. The quantitative estimate of drug-likeness (QED) is 0.848. The van der Waals surface area contributed by atoms with Gasteiger partial charge >= 0.3 is 0 Å². The Labute approximate surface area is 99.7 Å². The molecule has 0 radical (unpaired) electrons. The minimum absolute atomic E-state index is 0.0184. The van der Waals surface area contributed by atoms with Crippen LogP contribution in [0.1, 0.15) is 31.4 Å². The monoisotopic (exact) mass is 241 g/mol. The lowest BCUT2D eigenvalue weighted by molar-refractivity contribution is 0.146. The molecule has 94 valence electrons. The molecular formula is C13H17F2NO. The van der Waals surface area contributed by atoms with Crippen LogP contribution in [-0.4, -0.2) is 17.7 Å². The van der Waals surface area contributed by atoms with Crippen LogP contribution < -0.4 is 5.32 Å². The van der Waals surface area contributed by atoms with Gasteiger partial charge in [0.25, 0.3) is 0 Å². The molecule has 0 saturated heterocycles. The van der Waals surface area contributed by atoms with Crippen molar-refractivity contribution in [2.75, 3.05) is 6.54 Å². The van der Waals surface area contributed by atoms with Gasteiger partial charge in [0.2, 0.25) is 0 Å². The van der Waals surface area contributed by atoms with Crippen LogP contribution in [0.4, 0.5) is 8.78 Å². The summed E-state index contributed by atoms with van der Waals surface area (Å²) < 4.78 is 26.3. The molecule has 1 aromatic carbocycles. The Balaban J connectivity index is 1.90. The maximum absolute atomic E-state index is 13.3. The highest BCUT2D eigenvalue weighted by molar-refractivity contribution is 5.21. The summed E-state index contributed by atoms with van der Waals surface area (Å²) in [6, 6.07) is 3.54. The topological polar surface area (TPSA) is 32.3 Å². The van der Waals surface area contributed by atoms with E-state index in [0.717, 1.165) is 37.0 Å². The normalized spacial score (nSPS) is 25.4. The highest BCUT2D eigenvalue weighted by atomic mass is 19.1. The molecule has 1 aromatic rings. The minimum atomic E-state index is -0.999. The van der Waals surface area contributed by atoms with E-state index in [9.17, 15) is 13.9 Å². The van der Waals surface area contributed by atoms with E-state index < -0.39 is 17.7 Å². The van der Waals surface area contributed by atoms with E-state index in [0.29, 0.717) is 6.04 Å². The second kappa shape index (κ2) is 5.10. The van der Waals surface area contributed by atoms with Crippen molar-refractivity contribution in [2.24, 2.45) is 5.92 Å². The molecular weight excluding hydrogens is 224 g/mol. The molecule has 1 fully saturated rings. The van der Waals surface area contributed by atoms with E-state index in [1.165, 1.54) is 0 Å². The molecule has 1 unspecified atom stereocenters. The van der Waals surface area contributed by atoms with Gasteiger partial charge in [0.05, 0.1) is 6.10 Å². The first kappa shape index (κ1) is 12.5. The third-order valence-corrected chi connectivity index (χ3v) is 3.29. The van der Waals surface area contributed by atoms with Gasteiger partial charge in [-0.2, -0.15) is 0 Å². The van der Waals surface area contributed by atoms with Gasteiger partial charge in [0, 0.05) is 18.2 Å². The molecule has 0 heterocycles. The van der Waals surface area contributed by atoms with E-state index >= 15 is 0 Å². The molecule has 0 aliphatic heterocycles. The van der Waals surface area contributed by atoms with Gasteiger partial charge in [0.15, 0.2) is 0 Å². The number of hydrogen-bond acceptors (Lipinski definition) is 2. The summed E-state index contributed by atoms with van der Waals surface area (Å²) in [4.78, 5) is 0. The fourth-order valence-corrected chi connectivity index (χ4v) is 2.23. The van der Waals surface area contributed by atoms with Gasteiger partial charge in [-0.05, 0) is 37.0 Å². The molecule has 4 heteroatoms. The highest BCUT2D eigenvalue weighted by Crippen LogP contribution is 2.27. The molecule has 17 heavy (non-hydrogen) atoms. The van der Waals surface area contributed by atoms with E-state index in [2.05, 4.69) is 12.2 Å². The summed E-state index contributed by atoms with van der Waals surface area (Å²) >= 11 is 0. The van der Waals surface area contributed by atoms with E-state index in [1.54, 1.807) is 0 Å². The zero-order chi connectivity index (χ0) is 12.4. The van der Waals surface area contributed by atoms with Crippen LogP contribution in [0.3, 0.4) is 0 Å². The molecule has 1 saturated carbocycles. The molecule has 0 bridgehead atoms. The van der Waals surface area contributed by atoms with Crippen molar-refractivity contribution in [1.29, 1.82) is 0 Å². The molecule has 2 nitrogen and oxygen atoms in total. The maximum atomic E-state index is 13.3. The Bertz CT molecular complexity index is 391. The van der Waals surface area contributed by atoms with Gasteiger partial charge in [0.1, 0.15) is 11.6 Å². The Morgan fingerprint density at radius 2 is 2.12 bits per heavy atom. The van der Waals surface area contributed by atoms with Gasteiger partial charge in [-0.1, -0.05) is 6.92 Å². The number of nitrogens with one attached hydrogen (secondary N) is 1. The van der Waals surface area contributed by atoms with Crippen molar-refractivity contribution in [2.45, 2.75) is 31.9 Å². The van der Waals surface area contributed by atoms with Gasteiger partial charge < -0.3 is 10.4 Å². The number of aliphatic hydroxyl groups excluding tert-OH is 1. The largest absolute Gasteiger partial charge is 0.387 e. The Kier molecular flexibility index (Phi) is 3.74. The predicted molar refractivity (Wildman–Crippen MR) is 61.5 cm³/mol. The Morgan fingerprint density at radius 1 is 1.41 bits per heavy atom.